The van der Waals surface area contributed by atoms with Crippen LogP contribution >= 0.6 is 0 Å². The Morgan fingerprint density at radius 2 is 1.58 bits per heavy atom. The highest BCUT2D eigenvalue weighted by atomic mass is 32.2. The molecule has 0 radical (unpaired) electrons. The van der Waals surface area contributed by atoms with Crippen molar-refractivity contribution in [2.75, 3.05) is 10.0 Å². The predicted octanol–water partition coefficient (Wildman–Crippen LogP) is 6.48. The second-order valence-electron chi connectivity index (χ2n) is 8.90. The Balaban J connectivity index is 1.45. The van der Waals surface area contributed by atoms with E-state index in [1.165, 1.54) is 6.07 Å². The first-order valence-electron chi connectivity index (χ1n) is 11.8. The van der Waals surface area contributed by atoms with Gasteiger partial charge in [0.15, 0.2) is 0 Å². The second-order valence-corrected chi connectivity index (χ2v) is 10.6. The summed E-state index contributed by atoms with van der Waals surface area (Å²) in [5.41, 5.74) is 5.13. The molecule has 0 aliphatic carbocycles. The number of para-hydroxylation sites is 1. The summed E-state index contributed by atoms with van der Waals surface area (Å²) in [7, 11) is -3.88. The summed E-state index contributed by atoms with van der Waals surface area (Å²) in [6, 6.07) is 25.9. The van der Waals surface area contributed by atoms with E-state index in [1.54, 1.807) is 37.3 Å². The topological polar surface area (TPSA) is 80.2 Å². The van der Waals surface area contributed by atoms with E-state index >= 15 is 0 Å². The minimum atomic E-state index is -3.88. The van der Waals surface area contributed by atoms with Crippen LogP contribution in [0.3, 0.4) is 0 Å². The number of rotatable bonds is 6. The van der Waals surface area contributed by atoms with Gasteiger partial charge in [-0.2, -0.15) is 0 Å². The number of hydrogen-bond donors (Lipinski definition) is 2. The lowest BCUT2D eigenvalue weighted by Gasteiger charge is -2.13. The highest BCUT2D eigenvalue weighted by Crippen LogP contribution is 2.31. The Bertz CT molecular complexity index is 1740. The minimum Gasteiger partial charge on any atom is -0.341 e. The molecule has 0 atom stereocenters. The van der Waals surface area contributed by atoms with Crippen LogP contribution in [0, 0.1) is 13.8 Å². The number of fused-ring (bicyclic) bond motifs is 3. The first-order chi connectivity index (χ1) is 17.3. The number of carbonyl (C=O) groups is 1. The average Bonchev–Trinajstić information content (AvgIpc) is 3.17. The third-order valence-electron chi connectivity index (χ3n) is 6.36. The van der Waals surface area contributed by atoms with E-state index in [-0.39, 0.29) is 16.4 Å². The smallest absolute Gasteiger partial charge is 0.262 e. The highest BCUT2D eigenvalue weighted by molar-refractivity contribution is 7.92. The molecular formula is C29H27N3O3S. The molecule has 1 heterocycles. The van der Waals surface area contributed by atoms with Crippen molar-refractivity contribution in [1.29, 1.82) is 0 Å². The Kier molecular flexibility index (Phi) is 6.02. The van der Waals surface area contributed by atoms with Crippen LogP contribution in [0.1, 0.15) is 28.4 Å². The molecule has 182 valence electrons. The van der Waals surface area contributed by atoms with Gasteiger partial charge in [-0.3, -0.25) is 9.52 Å². The number of nitrogens with one attached hydrogen (secondary N) is 2. The maximum atomic E-state index is 13.1. The quantitative estimate of drug-likeness (QED) is 0.282. The number of aryl methyl sites for hydroxylation is 3. The fraction of sp³-hybridized carbons (Fsp3) is 0.138. The summed E-state index contributed by atoms with van der Waals surface area (Å²) in [6.45, 7) is 6.56. The normalized spacial score (nSPS) is 11.6. The van der Waals surface area contributed by atoms with E-state index in [0.717, 1.165) is 33.9 Å². The summed E-state index contributed by atoms with van der Waals surface area (Å²) >= 11 is 0. The molecular weight excluding hydrogens is 470 g/mol. The lowest BCUT2D eigenvalue weighted by molar-refractivity contribution is 0.102. The largest absolute Gasteiger partial charge is 0.341 e. The molecule has 5 aromatic rings. The molecule has 4 aromatic carbocycles. The molecule has 0 saturated heterocycles. The molecule has 36 heavy (non-hydrogen) atoms. The predicted molar refractivity (Wildman–Crippen MR) is 146 cm³/mol. The molecule has 0 saturated carbocycles. The first-order valence-corrected chi connectivity index (χ1v) is 13.3. The van der Waals surface area contributed by atoms with Crippen molar-refractivity contribution in [1.82, 2.24) is 4.57 Å². The molecule has 0 bridgehead atoms. The van der Waals surface area contributed by atoms with E-state index in [9.17, 15) is 13.2 Å². The summed E-state index contributed by atoms with van der Waals surface area (Å²) in [6.07, 6.45) is 0. The number of hydrogen-bond acceptors (Lipinski definition) is 3. The van der Waals surface area contributed by atoms with Gasteiger partial charge in [0.1, 0.15) is 0 Å². The van der Waals surface area contributed by atoms with Crippen LogP contribution in [0.4, 0.5) is 11.4 Å². The highest BCUT2D eigenvalue weighted by Gasteiger charge is 2.20. The molecule has 1 aromatic heterocycles. The van der Waals surface area contributed by atoms with Crippen molar-refractivity contribution in [3.63, 3.8) is 0 Å². The van der Waals surface area contributed by atoms with E-state index in [0.29, 0.717) is 16.9 Å². The van der Waals surface area contributed by atoms with Crippen molar-refractivity contribution in [2.24, 2.45) is 0 Å². The number of sulfonamides is 1. The van der Waals surface area contributed by atoms with Crippen LogP contribution in [0.25, 0.3) is 21.8 Å². The zero-order valence-corrected chi connectivity index (χ0v) is 21.2. The third-order valence-corrected chi connectivity index (χ3v) is 7.88. The van der Waals surface area contributed by atoms with Gasteiger partial charge in [-0.05, 0) is 80.4 Å². The van der Waals surface area contributed by atoms with Crippen molar-refractivity contribution < 1.29 is 13.2 Å². The summed E-state index contributed by atoms with van der Waals surface area (Å²) in [5.74, 6) is -0.374. The number of aromatic nitrogens is 1. The van der Waals surface area contributed by atoms with Gasteiger partial charge < -0.3 is 9.88 Å². The molecule has 1 amide bonds. The van der Waals surface area contributed by atoms with Gasteiger partial charge >= 0.3 is 0 Å². The van der Waals surface area contributed by atoms with E-state index < -0.39 is 10.0 Å². The molecule has 0 aliphatic rings. The van der Waals surface area contributed by atoms with Crippen LogP contribution in [0.15, 0.2) is 89.8 Å². The molecule has 7 heteroatoms. The SMILES string of the molecule is CCn1c2ccccc2c2cc(NC(=O)c3ccc(C)c(S(=O)(=O)Nc4cccc(C)c4)c3)ccc21. The Morgan fingerprint density at radius 3 is 2.36 bits per heavy atom. The van der Waals surface area contributed by atoms with Crippen LogP contribution in [-0.2, 0) is 16.6 Å². The van der Waals surface area contributed by atoms with Gasteiger partial charge in [0.05, 0.1) is 4.90 Å². The molecule has 2 N–H and O–H groups in total. The minimum absolute atomic E-state index is 0.0677. The van der Waals surface area contributed by atoms with Gasteiger partial charge in [0.2, 0.25) is 0 Å². The third kappa shape index (κ3) is 4.33. The number of amides is 1. The Morgan fingerprint density at radius 1 is 0.806 bits per heavy atom. The summed E-state index contributed by atoms with van der Waals surface area (Å²) in [4.78, 5) is 13.2. The summed E-state index contributed by atoms with van der Waals surface area (Å²) in [5, 5.41) is 5.11. The molecule has 0 spiro atoms. The Labute approximate surface area is 210 Å². The van der Waals surface area contributed by atoms with E-state index in [4.69, 9.17) is 0 Å². The molecule has 6 nitrogen and oxygen atoms in total. The van der Waals surface area contributed by atoms with Crippen LogP contribution in [-0.4, -0.2) is 18.9 Å². The fourth-order valence-corrected chi connectivity index (χ4v) is 5.95. The molecule has 0 fully saturated rings. The number of carbonyl (C=O) groups excluding carboxylic acids is 1. The zero-order chi connectivity index (χ0) is 25.4. The zero-order valence-electron chi connectivity index (χ0n) is 20.4. The van der Waals surface area contributed by atoms with Gasteiger partial charge in [-0.1, -0.05) is 36.4 Å². The van der Waals surface area contributed by atoms with Gasteiger partial charge in [0.25, 0.3) is 15.9 Å². The van der Waals surface area contributed by atoms with Crippen molar-refractivity contribution in [3.8, 4) is 0 Å². The number of benzene rings is 4. The number of anilines is 2. The maximum absolute atomic E-state index is 13.1. The lowest BCUT2D eigenvalue weighted by atomic mass is 10.1. The second kappa shape index (κ2) is 9.17. The van der Waals surface area contributed by atoms with E-state index in [2.05, 4.69) is 33.7 Å². The lowest BCUT2D eigenvalue weighted by Crippen LogP contribution is -2.17. The van der Waals surface area contributed by atoms with Crippen molar-refractivity contribution >= 4 is 49.1 Å². The van der Waals surface area contributed by atoms with E-state index in [1.807, 2.05) is 43.3 Å². The monoisotopic (exact) mass is 497 g/mol. The Hall–Kier alpha value is -4.10. The van der Waals surface area contributed by atoms with Crippen molar-refractivity contribution in [2.45, 2.75) is 32.2 Å². The molecule has 0 aliphatic heterocycles. The van der Waals surface area contributed by atoms with Crippen LogP contribution in [0.2, 0.25) is 0 Å². The van der Waals surface area contributed by atoms with Crippen molar-refractivity contribution in [3.05, 3.63) is 102 Å². The first kappa shape index (κ1) is 23.6. The van der Waals surface area contributed by atoms with Crippen LogP contribution < -0.4 is 10.0 Å². The summed E-state index contributed by atoms with van der Waals surface area (Å²) < 4.78 is 31.1. The molecule has 0 unspecified atom stereocenters. The number of nitrogens with zero attached hydrogens (tertiary/aromatic N) is 1. The standard InChI is InChI=1S/C29H27N3O3S/c1-4-32-26-11-6-5-10-24(26)25-18-22(14-15-27(25)32)30-29(33)21-13-12-20(3)28(17-21)36(34,35)31-23-9-7-8-19(2)16-23/h5-18,31H,4H2,1-3H3,(H,30,33). The molecule has 5 rings (SSSR count). The van der Waals surface area contributed by atoms with Gasteiger partial charge in [-0.15, -0.1) is 0 Å². The maximum Gasteiger partial charge on any atom is 0.262 e. The van der Waals surface area contributed by atoms with Crippen LogP contribution in [0.5, 0.6) is 0 Å². The van der Waals surface area contributed by atoms with Gasteiger partial charge in [-0.25, -0.2) is 8.42 Å². The average molecular weight is 498 g/mol. The van der Waals surface area contributed by atoms with Gasteiger partial charge in [0, 0.05) is 45.3 Å². The fourth-order valence-electron chi connectivity index (χ4n) is 4.62.